The number of nitrogens with zero attached hydrogens (tertiary/aromatic N) is 2. The number of allylic oxidation sites excluding steroid dienone is 1. The highest BCUT2D eigenvalue weighted by Gasteiger charge is 2.09. The van der Waals surface area contributed by atoms with Gasteiger partial charge in [0.2, 0.25) is 0 Å². The minimum absolute atomic E-state index is 0.331. The fraction of sp³-hybridized carbons (Fsp3) is 0.143. The molecule has 27 heavy (non-hydrogen) atoms. The van der Waals surface area contributed by atoms with E-state index in [-0.39, 0.29) is 5.82 Å². The van der Waals surface area contributed by atoms with E-state index in [0.717, 1.165) is 22.6 Å². The summed E-state index contributed by atoms with van der Waals surface area (Å²) in [5.74, 6) is 0.478. The molecule has 0 bridgehead atoms. The van der Waals surface area contributed by atoms with Crippen LogP contribution < -0.4 is 10.1 Å². The molecule has 1 aromatic heterocycles. The van der Waals surface area contributed by atoms with Gasteiger partial charge in [-0.2, -0.15) is 5.26 Å². The topological polar surface area (TPSA) is 57.9 Å². The van der Waals surface area contributed by atoms with E-state index in [4.69, 9.17) is 4.74 Å². The molecule has 0 radical (unpaired) electrons. The molecule has 0 saturated heterocycles. The number of ether oxygens (including phenoxy) is 1. The zero-order valence-electron chi connectivity index (χ0n) is 15.0. The van der Waals surface area contributed by atoms with Crippen LogP contribution in [0.2, 0.25) is 0 Å². The molecule has 3 aromatic rings. The van der Waals surface area contributed by atoms with Gasteiger partial charge in [0.15, 0.2) is 0 Å². The van der Waals surface area contributed by atoms with E-state index in [9.17, 15) is 9.65 Å². The Bertz CT molecular complexity index is 1000. The van der Waals surface area contributed by atoms with E-state index in [0.29, 0.717) is 22.9 Å². The van der Waals surface area contributed by atoms with Gasteiger partial charge in [-0.15, -0.1) is 11.3 Å². The van der Waals surface area contributed by atoms with E-state index >= 15 is 0 Å². The van der Waals surface area contributed by atoms with Gasteiger partial charge in [0.25, 0.3) is 0 Å². The van der Waals surface area contributed by atoms with E-state index in [1.807, 2.05) is 43.5 Å². The Morgan fingerprint density at radius 2 is 2.07 bits per heavy atom. The number of aromatic nitrogens is 1. The van der Waals surface area contributed by atoms with Crippen LogP contribution in [0.5, 0.6) is 5.75 Å². The van der Waals surface area contributed by atoms with Crippen molar-refractivity contribution in [2.45, 2.75) is 13.8 Å². The lowest BCUT2D eigenvalue weighted by molar-refractivity contribution is 0.340. The summed E-state index contributed by atoms with van der Waals surface area (Å²) in [5.41, 5.74) is 3.64. The number of rotatable bonds is 6. The van der Waals surface area contributed by atoms with Crippen LogP contribution in [0.15, 0.2) is 54.0 Å². The molecule has 0 fully saturated rings. The fourth-order valence-corrected chi connectivity index (χ4v) is 3.25. The van der Waals surface area contributed by atoms with Crippen molar-refractivity contribution in [1.82, 2.24) is 4.98 Å². The normalized spacial score (nSPS) is 11.1. The Morgan fingerprint density at radius 1 is 1.30 bits per heavy atom. The Labute approximate surface area is 161 Å². The monoisotopic (exact) mass is 379 g/mol. The van der Waals surface area contributed by atoms with Gasteiger partial charge in [-0.1, -0.05) is 6.07 Å². The molecule has 0 saturated carbocycles. The van der Waals surface area contributed by atoms with E-state index < -0.39 is 0 Å². The fourth-order valence-electron chi connectivity index (χ4n) is 2.46. The molecule has 0 atom stereocenters. The molecule has 6 heteroatoms. The van der Waals surface area contributed by atoms with Gasteiger partial charge in [-0.3, -0.25) is 0 Å². The average molecular weight is 379 g/mol. The predicted octanol–water partition coefficient (Wildman–Crippen LogP) is 5.63. The van der Waals surface area contributed by atoms with Crippen molar-refractivity contribution in [1.29, 1.82) is 5.26 Å². The summed E-state index contributed by atoms with van der Waals surface area (Å²) in [6, 6.07) is 14.3. The van der Waals surface area contributed by atoms with Crippen LogP contribution in [0.3, 0.4) is 0 Å². The van der Waals surface area contributed by atoms with Crippen molar-refractivity contribution in [3.05, 3.63) is 70.4 Å². The number of hydrogen-bond donors (Lipinski definition) is 1. The van der Waals surface area contributed by atoms with Crippen LogP contribution in [0, 0.1) is 24.1 Å². The zero-order chi connectivity index (χ0) is 19.2. The molecule has 0 spiro atoms. The first-order chi connectivity index (χ1) is 13.1. The van der Waals surface area contributed by atoms with Crippen LogP contribution in [-0.4, -0.2) is 11.6 Å². The molecule has 0 aliphatic carbocycles. The van der Waals surface area contributed by atoms with Gasteiger partial charge in [-0.25, -0.2) is 9.37 Å². The Morgan fingerprint density at radius 3 is 2.78 bits per heavy atom. The maximum atomic E-state index is 13.4. The Hall–Kier alpha value is -3.17. The maximum Gasteiger partial charge on any atom is 0.136 e. The van der Waals surface area contributed by atoms with E-state index in [1.165, 1.54) is 23.5 Å². The van der Waals surface area contributed by atoms with Gasteiger partial charge >= 0.3 is 0 Å². The molecular weight excluding hydrogens is 361 g/mol. The maximum absolute atomic E-state index is 13.4. The van der Waals surface area contributed by atoms with Crippen molar-refractivity contribution >= 4 is 22.6 Å². The van der Waals surface area contributed by atoms with Crippen molar-refractivity contribution < 1.29 is 9.13 Å². The number of halogens is 1. The molecule has 4 nitrogen and oxygen atoms in total. The summed E-state index contributed by atoms with van der Waals surface area (Å²) >= 11 is 1.39. The van der Waals surface area contributed by atoms with Crippen LogP contribution in [-0.2, 0) is 0 Å². The van der Waals surface area contributed by atoms with Gasteiger partial charge in [0.1, 0.15) is 28.2 Å². The van der Waals surface area contributed by atoms with Crippen molar-refractivity contribution in [3.8, 4) is 23.1 Å². The second-order valence-electron chi connectivity index (χ2n) is 5.77. The van der Waals surface area contributed by atoms with Gasteiger partial charge in [-0.05, 0) is 55.8 Å². The number of nitriles is 1. The van der Waals surface area contributed by atoms with Crippen LogP contribution in [0.1, 0.15) is 17.5 Å². The molecule has 0 unspecified atom stereocenters. The van der Waals surface area contributed by atoms with Crippen molar-refractivity contribution in [3.63, 3.8) is 0 Å². The molecule has 136 valence electrons. The van der Waals surface area contributed by atoms with Crippen molar-refractivity contribution in [2.24, 2.45) is 0 Å². The first-order valence-electron chi connectivity index (χ1n) is 8.42. The molecule has 1 heterocycles. The SMILES string of the molecule is CCOc1ccc(-c2csc(C(C#N)=CNc3cc(F)ccc3C)n2)cc1. The zero-order valence-corrected chi connectivity index (χ0v) is 15.8. The van der Waals surface area contributed by atoms with Gasteiger partial charge in [0.05, 0.1) is 12.3 Å². The standard InChI is InChI=1S/C21H18FN3OS/c1-3-26-18-8-5-15(6-9-18)20-13-27-21(25-20)16(11-23)12-24-19-10-17(22)7-4-14(19)2/h4-10,12-13,24H,3H2,1-2H3. The molecule has 0 amide bonds. The van der Waals surface area contributed by atoms with Crippen LogP contribution in [0.4, 0.5) is 10.1 Å². The smallest absolute Gasteiger partial charge is 0.136 e. The van der Waals surface area contributed by atoms with E-state index in [1.54, 1.807) is 12.3 Å². The second-order valence-corrected chi connectivity index (χ2v) is 6.63. The molecule has 3 rings (SSSR count). The summed E-state index contributed by atoms with van der Waals surface area (Å²) in [4.78, 5) is 4.55. The number of thiazole rings is 1. The summed E-state index contributed by atoms with van der Waals surface area (Å²) < 4.78 is 18.8. The molecule has 2 aromatic carbocycles. The van der Waals surface area contributed by atoms with Gasteiger partial charge in [0, 0.05) is 22.8 Å². The third-order valence-corrected chi connectivity index (χ3v) is 4.76. The summed E-state index contributed by atoms with van der Waals surface area (Å²) in [6.45, 7) is 4.43. The summed E-state index contributed by atoms with van der Waals surface area (Å²) in [6.07, 6.45) is 1.56. The lowest BCUT2D eigenvalue weighted by Crippen LogP contribution is -1.94. The summed E-state index contributed by atoms with van der Waals surface area (Å²) in [7, 11) is 0. The third kappa shape index (κ3) is 4.52. The Balaban J connectivity index is 1.80. The largest absolute Gasteiger partial charge is 0.494 e. The van der Waals surface area contributed by atoms with Crippen LogP contribution in [0.25, 0.3) is 16.8 Å². The summed E-state index contributed by atoms with van der Waals surface area (Å²) in [5, 5.41) is 15.0. The first kappa shape index (κ1) is 18.6. The highest BCUT2D eigenvalue weighted by molar-refractivity contribution is 7.11. The number of benzene rings is 2. The third-order valence-electron chi connectivity index (χ3n) is 3.89. The number of anilines is 1. The lowest BCUT2D eigenvalue weighted by Gasteiger charge is -2.05. The Kier molecular flexibility index (Phi) is 5.84. The first-order valence-corrected chi connectivity index (χ1v) is 9.30. The highest BCUT2D eigenvalue weighted by atomic mass is 32.1. The average Bonchev–Trinajstić information content (AvgIpc) is 3.16. The number of nitrogens with one attached hydrogen (secondary N) is 1. The van der Waals surface area contributed by atoms with Crippen molar-refractivity contribution in [2.75, 3.05) is 11.9 Å². The van der Waals surface area contributed by atoms with E-state index in [2.05, 4.69) is 16.4 Å². The predicted molar refractivity (Wildman–Crippen MR) is 107 cm³/mol. The number of aryl methyl sites for hydroxylation is 1. The molecule has 0 aliphatic heterocycles. The minimum atomic E-state index is -0.331. The molecule has 1 N–H and O–H groups in total. The van der Waals surface area contributed by atoms with Crippen LogP contribution >= 0.6 is 11.3 Å². The quantitative estimate of drug-likeness (QED) is 0.564. The molecular formula is C21H18FN3OS. The van der Waals surface area contributed by atoms with Gasteiger partial charge < -0.3 is 10.1 Å². The highest BCUT2D eigenvalue weighted by Crippen LogP contribution is 2.27. The number of hydrogen-bond acceptors (Lipinski definition) is 5. The minimum Gasteiger partial charge on any atom is -0.494 e. The molecule has 0 aliphatic rings. The lowest BCUT2D eigenvalue weighted by atomic mass is 10.1. The second kappa shape index (κ2) is 8.47.